The van der Waals surface area contributed by atoms with E-state index in [0.717, 1.165) is 32.5 Å². The van der Waals surface area contributed by atoms with E-state index in [1.54, 1.807) is 12.4 Å². The van der Waals surface area contributed by atoms with Crippen molar-refractivity contribution in [3.63, 3.8) is 0 Å². The molecule has 1 aliphatic rings. The van der Waals surface area contributed by atoms with Gasteiger partial charge >= 0.3 is 0 Å². The highest BCUT2D eigenvalue weighted by Crippen LogP contribution is 2.26. The number of likely N-dealkylation sites (N-methyl/N-ethyl adjacent to an activating group) is 1. The molecule has 1 aliphatic heterocycles. The predicted octanol–water partition coefficient (Wildman–Crippen LogP) is 1.93. The van der Waals surface area contributed by atoms with Gasteiger partial charge in [0.05, 0.1) is 5.41 Å². The van der Waals surface area contributed by atoms with E-state index in [0.29, 0.717) is 0 Å². The Balaban J connectivity index is 0.00000180. The van der Waals surface area contributed by atoms with Gasteiger partial charge in [0.25, 0.3) is 0 Å². The van der Waals surface area contributed by atoms with E-state index in [2.05, 4.69) is 17.2 Å². The normalized spacial score (nSPS) is 20.7. The summed E-state index contributed by atoms with van der Waals surface area (Å²) in [6.45, 7) is 4.56. The maximum absolute atomic E-state index is 12.4. The lowest BCUT2D eigenvalue weighted by Gasteiger charge is -2.28. The molecule has 0 radical (unpaired) electrons. The maximum atomic E-state index is 12.4. The molecule has 0 spiro atoms. The van der Waals surface area contributed by atoms with Crippen LogP contribution in [0.5, 0.6) is 0 Å². The third-order valence-corrected chi connectivity index (χ3v) is 3.72. The molecule has 0 saturated carbocycles. The third-order valence-electron chi connectivity index (χ3n) is 3.72. The van der Waals surface area contributed by atoms with Crippen LogP contribution in [0.15, 0.2) is 24.5 Å². The fourth-order valence-corrected chi connectivity index (χ4v) is 2.41. The minimum atomic E-state index is -0.215. The Morgan fingerprint density at radius 1 is 1.40 bits per heavy atom. The number of carbonyl (C=O) groups excluding carboxylic acids is 1. The van der Waals surface area contributed by atoms with Crippen LogP contribution in [-0.4, -0.2) is 42.5 Å². The highest BCUT2D eigenvalue weighted by Gasteiger charge is 2.37. The molecule has 2 rings (SSSR count). The van der Waals surface area contributed by atoms with Crippen LogP contribution in [-0.2, 0) is 11.2 Å². The minimum Gasteiger partial charge on any atom is -0.345 e. The Kier molecular flexibility index (Phi) is 8.09. The van der Waals surface area contributed by atoms with E-state index in [-0.39, 0.29) is 36.1 Å². The largest absolute Gasteiger partial charge is 0.345 e. The molecule has 2 heterocycles. The summed E-state index contributed by atoms with van der Waals surface area (Å²) in [5, 5.41) is 3.27. The Morgan fingerprint density at radius 3 is 2.60 bits per heavy atom. The molecule has 0 aromatic carbocycles. The van der Waals surface area contributed by atoms with Crippen LogP contribution in [0.25, 0.3) is 0 Å². The monoisotopic (exact) mass is 319 g/mol. The van der Waals surface area contributed by atoms with Gasteiger partial charge in [-0.25, -0.2) is 0 Å². The van der Waals surface area contributed by atoms with Gasteiger partial charge in [0, 0.05) is 32.5 Å². The molecule has 0 bridgehead atoms. The van der Waals surface area contributed by atoms with Gasteiger partial charge in [0.1, 0.15) is 0 Å². The topological polar surface area (TPSA) is 45.2 Å². The van der Waals surface area contributed by atoms with Crippen molar-refractivity contribution in [1.29, 1.82) is 0 Å². The quantitative estimate of drug-likeness (QED) is 0.922. The van der Waals surface area contributed by atoms with Gasteiger partial charge in [-0.05, 0) is 44.0 Å². The van der Waals surface area contributed by atoms with E-state index in [1.807, 2.05) is 24.1 Å². The molecule has 4 nitrogen and oxygen atoms in total. The van der Waals surface area contributed by atoms with Crippen molar-refractivity contribution in [2.24, 2.45) is 5.41 Å². The standard InChI is InChI=1S/C14H21N3O.2ClH/c1-14(6-9-16-11-14)13(18)17(2)10-5-12-3-7-15-8-4-12;;/h3-4,7-8,16H,5-6,9-11H2,1-2H3;2*1H. The number of rotatable bonds is 4. The van der Waals surface area contributed by atoms with Gasteiger partial charge in [0.15, 0.2) is 0 Å². The lowest BCUT2D eigenvalue weighted by Crippen LogP contribution is -2.42. The van der Waals surface area contributed by atoms with Crippen LogP contribution in [0, 0.1) is 5.41 Å². The summed E-state index contributed by atoms with van der Waals surface area (Å²) >= 11 is 0. The fraction of sp³-hybridized carbons (Fsp3) is 0.571. The summed E-state index contributed by atoms with van der Waals surface area (Å²) < 4.78 is 0. The Bertz CT molecular complexity index is 408. The number of aromatic nitrogens is 1. The summed E-state index contributed by atoms with van der Waals surface area (Å²) in [6.07, 6.45) is 5.40. The molecule has 114 valence electrons. The third kappa shape index (κ3) is 4.62. The van der Waals surface area contributed by atoms with Gasteiger partial charge in [-0.3, -0.25) is 9.78 Å². The van der Waals surface area contributed by atoms with E-state index < -0.39 is 0 Å². The summed E-state index contributed by atoms with van der Waals surface area (Å²) in [6, 6.07) is 3.99. The van der Waals surface area contributed by atoms with Crippen LogP contribution >= 0.6 is 24.8 Å². The van der Waals surface area contributed by atoms with Crippen molar-refractivity contribution in [2.45, 2.75) is 19.8 Å². The van der Waals surface area contributed by atoms with Crippen LogP contribution in [0.1, 0.15) is 18.9 Å². The Morgan fingerprint density at radius 2 is 2.05 bits per heavy atom. The van der Waals surface area contributed by atoms with Crippen LogP contribution < -0.4 is 5.32 Å². The number of nitrogens with zero attached hydrogens (tertiary/aromatic N) is 2. The fourth-order valence-electron chi connectivity index (χ4n) is 2.41. The van der Waals surface area contributed by atoms with E-state index in [9.17, 15) is 4.79 Å². The molecule has 1 N–H and O–H groups in total. The Labute approximate surface area is 133 Å². The van der Waals surface area contributed by atoms with E-state index in [4.69, 9.17) is 0 Å². The van der Waals surface area contributed by atoms with Crippen molar-refractivity contribution in [3.8, 4) is 0 Å². The second-order valence-corrected chi connectivity index (χ2v) is 5.32. The number of carbonyl (C=O) groups is 1. The molecular formula is C14H23Cl2N3O. The molecule has 0 aliphatic carbocycles. The van der Waals surface area contributed by atoms with Crippen LogP contribution in [0.4, 0.5) is 0 Å². The van der Waals surface area contributed by atoms with Crippen molar-refractivity contribution in [2.75, 3.05) is 26.7 Å². The first kappa shape index (κ1) is 19.2. The summed E-state index contributed by atoms with van der Waals surface area (Å²) in [5.74, 6) is 0.251. The van der Waals surface area contributed by atoms with Crippen LogP contribution in [0.2, 0.25) is 0 Å². The van der Waals surface area contributed by atoms with Crippen LogP contribution in [0.3, 0.4) is 0 Å². The molecule has 6 heteroatoms. The zero-order valence-corrected chi connectivity index (χ0v) is 13.6. The first-order valence-electron chi connectivity index (χ1n) is 6.47. The molecular weight excluding hydrogens is 297 g/mol. The SMILES string of the molecule is CN(CCc1ccncc1)C(=O)C1(C)CCNC1.Cl.Cl. The van der Waals surface area contributed by atoms with E-state index >= 15 is 0 Å². The number of nitrogens with one attached hydrogen (secondary N) is 1. The van der Waals surface area contributed by atoms with Gasteiger partial charge < -0.3 is 10.2 Å². The van der Waals surface area contributed by atoms with Crippen molar-refractivity contribution >= 4 is 30.7 Å². The molecule has 1 unspecified atom stereocenters. The van der Waals surface area contributed by atoms with E-state index in [1.165, 1.54) is 5.56 Å². The summed E-state index contributed by atoms with van der Waals surface area (Å²) in [7, 11) is 1.90. The molecule has 1 saturated heterocycles. The zero-order valence-electron chi connectivity index (χ0n) is 12.0. The van der Waals surface area contributed by atoms with Crippen molar-refractivity contribution < 1.29 is 4.79 Å². The molecule has 1 amide bonds. The number of halogens is 2. The molecule has 1 atom stereocenters. The second-order valence-electron chi connectivity index (χ2n) is 5.32. The maximum Gasteiger partial charge on any atom is 0.229 e. The summed E-state index contributed by atoms with van der Waals surface area (Å²) in [4.78, 5) is 18.2. The predicted molar refractivity (Wildman–Crippen MR) is 85.7 cm³/mol. The second kappa shape index (κ2) is 8.45. The number of hydrogen-bond donors (Lipinski definition) is 1. The van der Waals surface area contributed by atoms with Gasteiger partial charge in [-0.2, -0.15) is 0 Å². The van der Waals surface area contributed by atoms with Gasteiger partial charge in [-0.15, -0.1) is 24.8 Å². The average molecular weight is 320 g/mol. The molecule has 1 fully saturated rings. The highest BCUT2D eigenvalue weighted by atomic mass is 35.5. The Hall–Kier alpha value is -0.840. The van der Waals surface area contributed by atoms with Gasteiger partial charge in [-0.1, -0.05) is 0 Å². The minimum absolute atomic E-state index is 0. The first-order chi connectivity index (χ1) is 8.62. The first-order valence-corrected chi connectivity index (χ1v) is 6.47. The molecule has 1 aromatic heterocycles. The number of amides is 1. The lowest BCUT2D eigenvalue weighted by atomic mass is 9.88. The van der Waals surface area contributed by atoms with Crippen molar-refractivity contribution in [3.05, 3.63) is 30.1 Å². The molecule has 1 aromatic rings. The van der Waals surface area contributed by atoms with Crippen molar-refractivity contribution in [1.82, 2.24) is 15.2 Å². The zero-order chi connectivity index (χ0) is 13.0. The lowest BCUT2D eigenvalue weighted by molar-refractivity contribution is -0.138. The van der Waals surface area contributed by atoms with Gasteiger partial charge in [0.2, 0.25) is 5.91 Å². The average Bonchev–Trinajstić information content (AvgIpc) is 2.84. The molecule has 20 heavy (non-hydrogen) atoms. The number of pyridine rings is 1. The summed E-state index contributed by atoms with van der Waals surface area (Å²) in [5.41, 5.74) is 1.01. The highest BCUT2D eigenvalue weighted by molar-refractivity contribution is 5.85. The number of hydrogen-bond acceptors (Lipinski definition) is 3. The smallest absolute Gasteiger partial charge is 0.229 e.